The highest BCUT2D eigenvalue weighted by atomic mass is 35.5. The van der Waals surface area contributed by atoms with Crippen molar-refractivity contribution in [3.63, 3.8) is 0 Å². The zero-order valence-corrected chi connectivity index (χ0v) is 16.0. The Balaban J connectivity index is 1.97. The molecule has 1 fully saturated rings. The van der Waals surface area contributed by atoms with Crippen LogP contribution in [0.3, 0.4) is 0 Å². The molecule has 24 heavy (non-hydrogen) atoms. The molecular weight excluding hydrogens is 318 g/mol. The van der Waals surface area contributed by atoms with E-state index in [1.165, 1.54) is 11.3 Å². The number of halogens is 1. The summed E-state index contributed by atoms with van der Waals surface area (Å²) in [6.07, 6.45) is 6.26. The maximum Gasteiger partial charge on any atom is 0.123 e. The van der Waals surface area contributed by atoms with E-state index in [9.17, 15) is 0 Å². The predicted molar refractivity (Wildman–Crippen MR) is 104 cm³/mol. The lowest BCUT2D eigenvalue weighted by atomic mass is 9.86. The maximum atomic E-state index is 6.35. The Morgan fingerprint density at radius 2 is 2.00 bits per heavy atom. The number of rotatable bonds is 6. The van der Waals surface area contributed by atoms with Gasteiger partial charge in [-0.25, -0.2) is 0 Å². The van der Waals surface area contributed by atoms with E-state index in [0.29, 0.717) is 0 Å². The number of piperidine rings is 1. The van der Waals surface area contributed by atoms with Gasteiger partial charge in [0.1, 0.15) is 11.9 Å². The number of hydrogen-bond acceptors (Lipinski definition) is 2. The molecule has 132 valence electrons. The Morgan fingerprint density at radius 3 is 2.58 bits per heavy atom. The van der Waals surface area contributed by atoms with Crippen LogP contribution in [0.25, 0.3) is 0 Å². The third-order valence-electron chi connectivity index (χ3n) is 4.57. The highest BCUT2D eigenvalue weighted by Gasteiger charge is 2.25. The van der Waals surface area contributed by atoms with Gasteiger partial charge in [-0.3, -0.25) is 0 Å². The Hall–Kier alpha value is -1.41. The van der Waals surface area contributed by atoms with Gasteiger partial charge in [0, 0.05) is 42.2 Å². The van der Waals surface area contributed by atoms with E-state index in [1.807, 2.05) is 24.3 Å². The number of allylic oxidation sites excluding steroid dienone is 2. The van der Waals surface area contributed by atoms with E-state index in [0.717, 1.165) is 49.5 Å². The number of nitrogens with zero attached hydrogens (tertiary/aromatic N) is 1. The molecule has 0 aromatic heterocycles. The van der Waals surface area contributed by atoms with Crippen LogP contribution >= 0.6 is 11.6 Å². The molecule has 0 atom stereocenters. The molecule has 0 N–H and O–H groups in total. The van der Waals surface area contributed by atoms with Gasteiger partial charge in [0.25, 0.3) is 0 Å². The smallest absolute Gasteiger partial charge is 0.123 e. The summed E-state index contributed by atoms with van der Waals surface area (Å²) >= 11 is 6.18. The van der Waals surface area contributed by atoms with Crippen molar-refractivity contribution in [2.24, 2.45) is 0 Å². The van der Waals surface area contributed by atoms with Crippen molar-refractivity contribution in [1.29, 1.82) is 0 Å². The first-order valence-corrected chi connectivity index (χ1v) is 9.19. The highest BCUT2D eigenvalue weighted by molar-refractivity contribution is 6.30. The van der Waals surface area contributed by atoms with Crippen molar-refractivity contribution in [2.75, 3.05) is 13.1 Å². The molecule has 0 aliphatic carbocycles. The molecule has 1 saturated heterocycles. The summed E-state index contributed by atoms with van der Waals surface area (Å²) < 4.78 is 6.35. The fourth-order valence-electron chi connectivity index (χ4n) is 3.09. The van der Waals surface area contributed by atoms with Crippen LogP contribution in [0, 0.1) is 0 Å². The Morgan fingerprint density at radius 1 is 1.33 bits per heavy atom. The first-order chi connectivity index (χ1) is 11.3. The summed E-state index contributed by atoms with van der Waals surface area (Å²) in [5.41, 5.74) is 2.41. The van der Waals surface area contributed by atoms with Crippen LogP contribution in [-0.2, 0) is 5.41 Å². The molecule has 0 saturated carbocycles. The molecule has 0 amide bonds. The minimum Gasteiger partial charge on any atom is -0.490 e. The van der Waals surface area contributed by atoms with Gasteiger partial charge < -0.3 is 9.64 Å². The zero-order valence-electron chi connectivity index (χ0n) is 15.3. The number of likely N-dealkylation sites (tertiary alicyclic amines) is 1. The van der Waals surface area contributed by atoms with E-state index in [4.69, 9.17) is 16.3 Å². The summed E-state index contributed by atoms with van der Waals surface area (Å²) in [5, 5.41) is 0.764. The minimum absolute atomic E-state index is 0.0138. The van der Waals surface area contributed by atoms with E-state index in [1.54, 1.807) is 0 Å². The highest BCUT2D eigenvalue weighted by Crippen LogP contribution is 2.35. The van der Waals surface area contributed by atoms with Gasteiger partial charge in [-0.1, -0.05) is 45.0 Å². The van der Waals surface area contributed by atoms with Gasteiger partial charge in [-0.15, -0.1) is 6.58 Å². The Labute approximate surface area is 152 Å². The summed E-state index contributed by atoms with van der Waals surface area (Å²) in [6, 6.07) is 5.96. The predicted octanol–water partition coefficient (Wildman–Crippen LogP) is 5.96. The normalized spacial score (nSPS) is 16.1. The average molecular weight is 348 g/mol. The van der Waals surface area contributed by atoms with Crippen LogP contribution in [0.5, 0.6) is 5.75 Å². The molecule has 1 heterocycles. The topological polar surface area (TPSA) is 12.5 Å². The van der Waals surface area contributed by atoms with E-state index >= 15 is 0 Å². The second-order valence-corrected chi connectivity index (χ2v) is 8.02. The second kappa shape index (κ2) is 8.11. The number of hydrogen-bond donors (Lipinski definition) is 0. The Kier molecular flexibility index (Phi) is 6.40. The van der Waals surface area contributed by atoms with Gasteiger partial charge in [0.05, 0.1) is 0 Å². The van der Waals surface area contributed by atoms with Crippen molar-refractivity contribution in [3.8, 4) is 5.75 Å². The van der Waals surface area contributed by atoms with Crippen LogP contribution in [0.15, 0.2) is 43.1 Å². The van der Waals surface area contributed by atoms with Gasteiger partial charge in [0.15, 0.2) is 0 Å². The standard InChI is InChI=1S/C21H30ClNO/c1-6-7-8-16(2)23-13-11-18(12-14-23)24-20-10-9-17(22)15-19(20)21(3,4)5/h6,9-10,15,18H,1-2,7-8,11-14H2,3-5H3. The van der Waals surface area contributed by atoms with E-state index in [2.05, 4.69) is 38.8 Å². The summed E-state index contributed by atoms with van der Waals surface area (Å²) in [6.45, 7) is 16.6. The molecule has 1 aliphatic heterocycles. The van der Waals surface area contributed by atoms with Crippen LogP contribution in [0.2, 0.25) is 5.02 Å². The largest absolute Gasteiger partial charge is 0.490 e. The molecule has 2 nitrogen and oxygen atoms in total. The second-order valence-electron chi connectivity index (χ2n) is 7.59. The van der Waals surface area contributed by atoms with Gasteiger partial charge in [0.2, 0.25) is 0 Å². The van der Waals surface area contributed by atoms with Gasteiger partial charge >= 0.3 is 0 Å². The van der Waals surface area contributed by atoms with Gasteiger partial charge in [-0.05, 0) is 36.5 Å². The molecule has 0 spiro atoms. The Bertz CT molecular complexity index is 580. The molecular formula is C21H30ClNO. The van der Waals surface area contributed by atoms with Crippen molar-refractivity contribution < 1.29 is 4.74 Å². The SMILES string of the molecule is C=CCCC(=C)N1CCC(Oc2ccc(Cl)cc2C(C)(C)C)CC1. The van der Waals surface area contributed by atoms with Crippen molar-refractivity contribution in [2.45, 2.75) is 58.0 Å². The fraction of sp³-hybridized carbons (Fsp3) is 0.524. The first-order valence-electron chi connectivity index (χ1n) is 8.81. The van der Waals surface area contributed by atoms with Gasteiger partial charge in [-0.2, -0.15) is 0 Å². The molecule has 1 aromatic rings. The van der Waals surface area contributed by atoms with E-state index in [-0.39, 0.29) is 11.5 Å². The van der Waals surface area contributed by atoms with E-state index < -0.39 is 0 Å². The lowest BCUT2D eigenvalue weighted by Gasteiger charge is -2.35. The van der Waals surface area contributed by atoms with Crippen molar-refractivity contribution >= 4 is 11.6 Å². The lowest BCUT2D eigenvalue weighted by Crippen LogP contribution is -2.37. The summed E-state index contributed by atoms with van der Waals surface area (Å²) in [4.78, 5) is 2.38. The third kappa shape index (κ3) is 5.04. The number of ether oxygens (including phenoxy) is 1. The molecule has 0 radical (unpaired) electrons. The average Bonchev–Trinajstić information content (AvgIpc) is 2.54. The summed E-state index contributed by atoms with van der Waals surface area (Å²) in [5.74, 6) is 0.968. The van der Waals surface area contributed by atoms with Crippen molar-refractivity contribution in [1.82, 2.24) is 4.90 Å². The monoisotopic (exact) mass is 347 g/mol. The summed E-state index contributed by atoms with van der Waals surface area (Å²) in [7, 11) is 0. The zero-order chi connectivity index (χ0) is 17.7. The maximum absolute atomic E-state index is 6.35. The minimum atomic E-state index is 0.0138. The quantitative estimate of drug-likeness (QED) is 0.588. The number of benzene rings is 1. The fourth-order valence-corrected chi connectivity index (χ4v) is 3.26. The van der Waals surface area contributed by atoms with Crippen LogP contribution in [0.1, 0.15) is 52.0 Å². The van der Waals surface area contributed by atoms with Crippen LogP contribution in [-0.4, -0.2) is 24.1 Å². The van der Waals surface area contributed by atoms with Crippen LogP contribution < -0.4 is 4.74 Å². The molecule has 2 rings (SSSR count). The molecule has 3 heteroatoms. The van der Waals surface area contributed by atoms with Crippen molar-refractivity contribution in [3.05, 3.63) is 53.7 Å². The molecule has 0 unspecified atom stereocenters. The lowest BCUT2D eigenvalue weighted by molar-refractivity contribution is 0.114. The first kappa shape index (κ1) is 18.9. The van der Waals surface area contributed by atoms with Crippen LogP contribution in [0.4, 0.5) is 0 Å². The third-order valence-corrected chi connectivity index (χ3v) is 4.80. The molecule has 1 aliphatic rings. The molecule has 1 aromatic carbocycles. The molecule has 0 bridgehead atoms.